The molecule has 1 unspecified atom stereocenters. The van der Waals surface area contributed by atoms with Crippen LogP contribution in [0.4, 0.5) is 0 Å². The number of aromatic nitrogens is 4. The molecule has 1 aromatic rings. The van der Waals surface area contributed by atoms with Crippen LogP contribution < -0.4 is 0 Å². The zero-order chi connectivity index (χ0) is 11.1. The van der Waals surface area contributed by atoms with E-state index in [1.54, 1.807) is 7.05 Å². The maximum Gasteiger partial charge on any atom is 0.177 e. The van der Waals surface area contributed by atoms with Gasteiger partial charge in [0.2, 0.25) is 0 Å². The Hall–Kier alpha value is -0.970. The fourth-order valence-corrected chi connectivity index (χ4v) is 2.38. The maximum absolute atomic E-state index is 10.6. The van der Waals surface area contributed by atoms with Gasteiger partial charge in [-0.3, -0.25) is 0 Å². The Morgan fingerprint density at radius 3 is 2.60 bits per heavy atom. The van der Waals surface area contributed by atoms with E-state index in [1.165, 1.54) is 4.80 Å². The summed E-state index contributed by atoms with van der Waals surface area (Å²) in [5.41, 5.74) is -0.720. The highest BCUT2D eigenvalue weighted by Crippen LogP contribution is 2.47. The van der Waals surface area contributed by atoms with Gasteiger partial charge in [0, 0.05) is 6.42 Å². The van der Waals surface area contributed by atoms with Gasteiger partial charge in [-0.05, 0) is 29.9 Å². The lowest BCUT2D eigenvalue weighted by molar-refractivity contribution is -0.0434. The van der Waals surface area contributed by atoms with Crippen LogP contribution in [0.3, 0.4) is 0 Å². The average Bonchev–Trinajstić information content (AvgIpc) is 2.59. The van der Waals surface area contributed by atoms with E-state index in [1.807, 2.05) is 0 Å². The van der Waals surface area contributed by atoms with Crippen molar-refractivity contribution in [2.45, 2.75) is 45.1 Å². The van der Waals surface area contributed by atoms with Gasteiger partial charge in [0.05, 0.1) is 12.6 Å². The van der Waals surface area contributed by atoms with Crippen LogP contribution in [0.2, 0.25) is 0 Å². The van der Waals surface area contributed by atoms with E-state index >= 15 is 0 Å². The van der Waals surface area contributed by atoms with Crippen molar-refractivity contribution >= 4 is 0 Å². The predicted molar refractivity (Wildman–Crippen MR) is 55.1 cm³/mol. The third-order valence-electron chi connectivity index (χ3n) is 3.65. The van der Waals surface area contributed by atoms with Gasteiger partial charge in [0.1, 0.15) is 0 Å². The van der Waals surface area contributed by atoms with Crippen molar-refractivity contribution in [3.05, 3.63) is 5.82 Å². The lowest BCUT2D eigenvalue weighted by Crippen LogP contribution is -2.42. The van der Waals surface area contributed by atoms with Gasteiger partial charge in [0.25, 0.3) is 0 Å². The molecule has 0 radical (unpaired) electrons. The molecule has 0 bridgehead atoms. The molecule has 0 amide bonds. The fraction of sp³-hybridized carbons (Fsp3) is 0.900. The topological polar surface area (TPSA) is 63.8 Å². The minimum Gasteiger partial charge on any atom is -0.389 e. The highest BCUT2D eigenvalue weighted by Gasteiger charge is 2.48. The molecule has 0 spiro atoms. The van der Waals surface area contributed by atoms with E-state index in [0.29, 0.717) is 12.2 Å². The Labute approximate surface area is 89.5 Å². The van der Waals surface area contributed by atoms with Crippen molar-refractivity contribution < 1.29 is 5.11 Å². The second-order valence-electron chi connectivity index (χ2n) is 5.14. The standard InChI is InChI=1S/C10H18N4O/c1-9(2)5-4-6-10(9,15)7-8-11-13-14(3)12-8/h15H,4-7H2,1-3H3. The number of nitrogens with zero attached hydrogens (tertiary/aromatic N) is 4. The van der Waals surface area contributed by atoms with Crippen molar-refractivity contribution in [2.24, 2.45) is 12.5 Å². The van der Waals surface area contributed by atoms with Crippen LogP contribution in [0.1, 0.15) is 38.9 Å². The summed E-state index contributed by atoms with van der Waals surface area (Å²) in [6, 6.07) is 0. The summed E-state index contributed by atoms with van der Waals surface area (Å²) in [6.07, 6.45) is 3.47. The molecule has 1 aliphatic carbocycles. The number of aliphatic hydroxyl groups is 1. The Kier molecular flexibility index (Phi) is 2.30. The molecule has 5 heteroatoms. The highest BCUT2D eigenvalue weighted by molar-refractivity contribution is 5.03. The molecular formula is C10H18N4O. The van der Waals surface area contributed by atoms with E-state index < -0.39 is 5.60 Å². The van der Waals surface area contributed by atoms with Crippen molar-refractivity contribution in [1.82, 2.24) is 20.2 Å². The predicted octanol–water partition coefficient (Wildman–Crippen LogP) is 0.694. The number of hydrogen-bond donors (Lipinski definition) is 1. The smallest absolute Gasteiger partial charge is 0.177 e. The molecule has 1 aliphatic rings. The first-order chi connectivity index (χ1) is 6.93. The third-order valence-corrected chi connectivity index (χ3v) is 3.65. The molecule has 1 aromatic heterocycles. The van der Waals surface area contributed by atoms with Gasteiger partial charge in [-0.15, -0.1) is 10.2 Å². The van der Waals surface area contributed by atoms with Crippen LogP contribution in [0.15, 0.2) is 0 Å². The van der Waals surface area contributed by atoms with E-state index in [0.717, 1.165) is 19.3 Å². The van der Waals surface area contributed by atoms with Crippen molar-refractivity contribution in [3.63, 3.8) is 0 Å². The maximum atomic E-state index is 10.6. The summed E-state index contributed by atoms with van der Waals surface area (Å²) in [6.45, 7) is 4.22. The molecule has 1 saturated carbocycles. The molecule has 0 saturated heterocycles. The molecule has 5 nitrogen and oxygen atoms in total. The molecule has 1 heterocycles. The number of tetrazole rings is 1. The largest absolute Gasteiger partial charge is 0.389 e. The third kappa shape index (κ3) is 1.76. The number of rotatable bonds is 2. The van der Waals surface area contributed by atoms with Crippen LogP contribution in [0.25, 0.3) is 0 Å². The Morgan fingerprint density at radius 1 is 1.40 bits per heavy atom. The first kappa shape index (κ1) is 10.5. The molecule has 1 atom stereocenters. The minimum absolute atomic E-state index is 0.0494. The van der Waals surface area contributed by atoms with Crippen LogP contribution in [0.5, 0.6) is 0 Å². The molecule has 2 rings (SSSR count). The summed E-state index contributed by atoms with van der Waals surface area (Å²) < 4.78 is 0. The zero-order valence-electron chi connectivity index (χ0n) is 9.56. The molecule has 84 valence electrons. The van der Waals surface area contributed by atoms with Gasteiger partial charge in [0.15, 0.2) is 5.82 Å². The minimum atomic E-state index is -0.671. The highest BCUT2D eigenvalue weighted by atomic mass is 16.3. The van der Waals surface area contributed by atoms with E-state index in [-0.39, 0.29) is 5.41 Å². The van der Waals surface area contributed by atoms with Crippen molar-refractivity contribution in [3.8, 4) is 0 Å². The average molecular weight is 210 g/mol. The van der Waals surface area contributed by atoms with Crippen LogP contribution in [-0.4, -0.2) is 30.9 Å². The zero-order valence-corrected chi connectivity index (χ0v) is 9.56. The molecule has 1 N–H and O–H groups in total. The number of hydrogen-bond acceptors (Lipinski definition) is 4. The lowest BCUT2D eigenvalue weighted by atomic mass is 9.76. The molecule has 1 fully saturated rings. The van der Waals surface area contributed by atoms with Crippen LogP contribution >= 0.6 is 0 Å². The number of aryl methyl sites for hydroxylation is 1. The quantitative estimate of drug-likeness (QED) is 0.780. The van der Waals surface area contributed by atoms with Crippen LogP contribution in [0, 0.1) is 5.41 Å². The van der Waals surface area contributed by atoms with Gasteiger partial charge in [-0.1, -0.05) is 13.8 Å². The van der Waals surface area contributed by atoms with Crippen molar-refractivity contribution in [1.29, 1.82) is 0 Å². The first-order valence-corrected chi connectivity index (χ1v) is 5.38. The van der Waals surface area contributed by atoms with Gasteiger partial charge >= 0.3 is 0 Å². The summed E-state index contributed by atoms with van der Waals surface area (Å²) in [4.78, 5) is 1.43. The van der Waals surface area contributed by atoms with Crippen LogP contribution in [-0.2, 0) is 13.5 Å². The lowest BCUT2D eigenvalue weighted by Gasteiger charge is -2.35. The normalized spacial score (nSPS) is 29.6. The Balaban J connectivity index is 2.17. The van der Waals surface area contributed by atoms with Gasteiger partial charge in [-0.2, -0.15) is 4.80 Å². The summed E-state index contributed by atoms with van der Waals surface area (Å²) in [5.74, 6) is 0.634. The molecular weight excluding hydrogens is 192 g/mol. The molecule has 0 aromatic carbocycles. The van der Waals surface area contributed by atoms with Gasteiger partial charge < -0.3 is 5.11 Å². The van der Waals surface area contributed by atoms with Gasteiger partial charge in [-0.25, -0.2) is 0 Å². The SMILES string of the molecule is Cn1nnc(CC2(O)CCCC2(C)C)n1. The Bertz CT molecular complexity index is 360. The fourth-order valence-electron chi connectivity index (χ4n) is 2.38. The molecule has 0 aliphatic heterocycles. The summed E-state index contributed by atoms with van der Waals surface area (Å²) in [7, 11) is 1.74. The van der Waals surface area contributed by atoms with E-state index in [9.17, 15) is 5.11 Å². The summed E-state index contributed by atoms with van der Waals surface area (Å²) >= 11 is 0. The van der Waals surface area contributed by atoms with E-state index in [4.69, 9.17) is 0 Å². The summed E-state index contributed by atoms with van der Waals surface area (Å²) in [5, 5.41) is 22.4. The monoisotopic (exact) mass is 210 g/mol. The molecule has 15 heavy (non-hydrogen) atoms. The van der Waals surface area contributed by atoms with Crippen molar-refractivity contribution in [2.75, 3.05) is 0 Å². The second kappa shape index (κ2) is 3.27. The van der Waals surface area contributed by atoms with E-state index in [2.05, 4.69) is 29.3 Å². The second-order valence-corrected chi connectivity index (χ2v) is 5.14. The first-order valence-electron chi connectivity index (χ1n) is 5.38. The Morgan fingerprint density at radius 2 is 2.13 bits per heavy atom.